The zero-order valence-electron chi connectivity index (χ0n) is 19.0. The van der Waals surface area contributed by atoms with Gasteiger partial charge in [-0.3, -0.25) is 0 Å². The second-order valence-corrected chi connectivity index (χ2v) is 8.17. The molecule has 4 nitrogen and oxygen atoms in total. The van der Waals surface area contributed by atoms with Crippen molar-refractivity contribution in [3.05, 3.63) is 108 Å². The summed E-state index contributed by atoms with van der Waals surface area (Å²) in [4.78, 5) is 0. The second-order valence-electron chi connectivity index (χ2n) is 8.17. The monoisotopic (exact) mass is 514 g/mol. The largest absolute Gasteiger partial charge is 0.411 e. The van der Waals surface area contributed by atoms with E-state index in [1.54, 1.807) is 48.5 Å². The number of nitrogens with one attached hydrogen (secondary N) is 2. The summed E-state index contributed by atoms with van der Waals surface area (Å²) < 4.78 is 87.4. The van der Waals surface area contributed by atoms with Crippen LogP contribution >= 0.6 is 0 Å². The van der Waals surface area contributed by atoms with Crippen LogP contribution < -0.4 is 22.1 Å². The number of benzene rings is 3. The van der Waals surface area contributed by atoms with Gasteiger partial charge in [0, 0.05) is 5.69 Å². The Morgan fingerprint density at radius 3 is 1.62 bits per heavy atom. The molecule has 0 aliphatic rings. The van der Waals surface area contributed by atoms with E-state index in [1.807, 2.05) is 0 Å². The van der Waals surface area contributed by atoms with Gasteiger partial charge in [-0.25, -0.2) is 0 Å². The maximum atomic E-state index is 14.6. The number of alkyl halides is 6. The molecular formula is C27H20F6N4. The van der Waals surface area contributed by atoms with Crippen LogP contribution in [0.2, 0.25) is 0 Å². The maximum absolute atomic E-state index is 14.6. The van der Waals surface area contributed by atoms with Crippen LogP contribution in [0.4, 0.5) is 60.5 Å². The van der Waals surface area contributed by atoms with Gasteiger partial charge < -0.3 is 22.1 Å². The molecule has 0 amide bonds. The smallest absolute Gasteiger partial charge is 0.397 e. The lowest BCUT2D eigenvalue weighted by molar-refractivity contribution is -0.288. The Labute approximate surface area is 208 Å². The summed E-state index contributed by atoms with van der Waals surface area (Å²) in [7, 11) is 0. The maximum Gasteiger partial charge on any atom is 0.411 e. The minimum Gasteiger partial charge on any atom is -0.397 e. The zero-order chi connectivity index (χ0) is 26.8. The fraction of sp³-hybridized carbons (Fsp3) is 0.111. The number of hydrogen-bond donors (Lipinski definition) is 4. The van der Waals surface area contributed by atoms with Gasteiger partial charge >= 0.3 is 12.4 Å². The van der Waals surface area contributed by atoms with Gasteiger partial charge in [0.2, 0.25) is 5.41 Å². The summed E-state index contributed by atoms with van der Waals surface area (Å²) in [6.07, 6.45) is -11.6. The zero-order valence-corrected chi connectivity index (χ0v) is 19.0. The Hall–Kier alpha value is -4.52. The van der Waals surface area contributed by atoms with E-state index < -0.39 is 28.9 Å². The van der Waals surface area contributed by atoms with Crippen LogP contribution in [0.3, 0.4) is 0 Å². The first-order chi connectivity index (χ1) is 17.4. The number of anilines is 6. The van der Waals surface area contributed by atoms with Crippen LogP contribution in [-0.2, 0) is 5.41 Å². The third-order valence-electron chi connectivity index (χ3n) is 5.79. The molecule has 0 unspecified atom stereocenters. The highest BCUT2D eigenvalue weighted by Crippen LogP contribution is 2.57. The van der Waals surface area contributed by atoms with Gasteiger partial charge in [0.15, 0.2) is 0 Å². The molecule has 0 heterocycles. The molecule has 0 atom stereocenters. The first-order valence-electron chi connectivity index (χ1n) is 10.8. The number of nitrogens with two attached hydrogens (primary N) is 2. The molecule has 0 fully saturated rings. The highest BCUT2D eigenvalue weighted by Gasteiger charge is 2.72. The van der Waals surface area contributed by atoms with Crippen molar-refractivity contribution in [3.8, 4) is 0 Å². The normalized spacial score (nSPS) is 12.1. The quantitative estimate of drug-likeness (QED) is 0.160. The van der Waals surface area contributed by atoms with Gasteiger partial charge in [-0.05, 0) is 65.7 Å². The van der Waals surface area contributed by atoms with Gasteiger partial charge in [-0.2, -0.15) is 26.3 Å². The van der Waals surface area contributed by atoms with Crippen molar-refractivity contribution in [3.63, 3.8) is 0 Å². The molecule has 0 radical (unpaired) electrons. The minimum atomic E-state index is -5.78. The predicted molar refractivity (Wildman–Crippen MR) is 132 cm³/mol. The molecule has 0 bridgehead atoms. The van der Waals surface area contributed by atoms with Crippen molar-refractivity contribution in [1.29, 1.82) is 0 Å². The van der Waals surface area contributed by atoms with Crippen LogP contribution in [0, 0.1) is 12.1 Å². The topological polar surface area (TPSA) is 76.1 Å². The van der Waals surface area contributed by atoms with Gasteiger partial charge in [-0.15, -0.1) is 0 Å². The molecule has 0 aliphatic carbocycles. The number of halogens is 6. The lowest BCUT2D eigenvalue weighted by atomic mass is 9.72. The molecule has 4 rings (SSSR count). The summed E-state index contributed by atoms with van der Waals surface area (Å²) in [6, 6.07) is 23.7. The third kappa shape index (κ3) is 4.80. The molecule has 10 heteroatoms. The van der Waals surface area contributed by atoms with E-state index in [4.69, 9.17) is 11.5 Å². The van der Waals surface area contributed by atoms with Crippen molar-refractivity contribution in [2.45, 2.75) is 17.8 Å². The van der Waals surface area contributed by atoms with Crippen LogP contribution in [0.15, 0.2) is 84.9 Å². The summed E-state index contributed by atoms with van der Waals surface area (Å²) in [5.74, 6) is 0. The van der Waals surface area contributed by atoms with Crippen molar-refractivity contribution in [2.24, 2.45) is 0 Å². The second kappa shape index (κ2) is 9.50. The van der Waals surface area contributed by atoms with Crippen molar-refractivity contribution in [1.82, 2.24) is 0 Å². The van der Waals surface area contributed by atoms with Gasteiger partial charge in [0.25, 0.3) is 0 Å². The van der Waals surface area contributed by atoms with E-state index in [9.17, 15) is 26.3 Å². The predicted octanol–water partition coefficient (Wildman–Crippen LogP) is 7.35. The third-order valence-corrected chi connectivity index (χ3v) is 5.79. The Kier molecular flexibility index (Phi) is 6.57. The van der Waals surface area contributed by atoms with Gasteiger partial charge in [0.1, 0.15) is 0 Å². The summed E-state index contributed by atoms with van der Waals surface area (Å²) in [5, 5.41) is 5.69. The van der Waals surface area contributed by atoms with E-state index in [2.05, 4.69) is 22.8 Å². The molecule has 0 aliphatic heterocycles. The average Bonchev–Trinajstić information content (AvgIpc) is 2.82. The fourth-order valence-corrected chi connectivity index (χ4v) is 4.05. The van der Waals surface area contributed by atoms with Crippen molar-refractivity contribution < 1.29 is 26.3 Å². The summed E-state index contributed by atoms with van der Waals surface area (Å²) in [6.45, 7) is 0. The Bertz CT molecular complexity index is 1260. The summed E-state index contributed by atoms with van der Waals surface area (Å²) >= 11 is 0. The molecule has 4 aromatic rings. The van der Waals surface area contributed by atoms with E-state index in [-0.39, 0.29) is 22.7 Å². The highest BCUT2D eigenvalue weighted by molar-refractivity contribution is 5.76. The molecule has 0 saturated heterocycles. The Balaban J connectivity index is 1.83. The average molecular weight is 514 g/mol. The van der Waals surface area contributed by atoms with E-state index in [0.29, 0.717) is 23.5 Å². The van der Waals surface area contributed by atoms with Crippen LogP contribution in [-0.4, -0.2) is 12.4 Å². The Morgan fingerprint density at radius 1 is 0.622 bits per heavy atom. The molecule has 37 heavy (non-hydrogen) atoms. The fourth-order valence-electron chi connectivity index (χ4n) is 4.05. The van der Waals surface area contributed by atoms with Gasteiger partial charge in [0.05, 0.1) is 28.4 Å². The minimum absolute atomic E-state index is 0.111. The van der Waals surface area contributed by atoms with Gasteiger partial charge in [-0.1, -0.05) is 42.5 Å². The van der Waals surface area contributed by atoms with Crippen molar-refractivity contribution in [2.75, 3.05) is 22.1 Å². The summed E-state index contributed by atoms with van der Waals surface area (Å²) in [5.41, 5.74) is 5.88. The lowest BCUT2D eigenvalue weighted by Crippen LogP contribution is -2.54. The number of rotatable bonds is 6. The number of nitrogen functional groups attached to an aromatic ring is 2. The SMILES string of the molecule is Nc1cc(C(c2ccc(Nc3ccccc3)c(N)c2)(C(F)(F)F)C(F)(F)F)ccc1Nc1c#cccc1. The molecule has 0 saturated carbocycles. The molecule has 190 valence electrons. The Morgan fingerprint density at radius 2 is 1.16 bits per heavy atom. The highest BCUT2D eigenvalue weighted by atomic mass is 19.4. The lowest BCUT2D eigenvalue weighted by Gasteiger charge is -2.38. The van der Waals surface area contributed by atoms with E-state index in [0.717, 1.165) is 24.3 Å². The molecule has 4 aromatic carbocycles. The number of hydrogen-bond acceptors (Lipinski definition) is 4. The molecule has 0 aromatic heterocycles. The first-order valence-corrected chi connectivity index (χ1v) is 10.8. The number of para-hydroxylation sites is 1. The van der Waals surface area contributed by atoms with Crippen LogP contribution in [0.1, 0.15) is 11.1 Å². The van der Waals surface area contributed by atoms with Crippen LogP contribution in [0.5, 0.6) is 0 Å². The molecular weight excluding hydrogens is 494 g/mol. The van der Waals surface area contributed by atoms with E-state index >= 15 is 0 Å². The first kappa shape index (κ1) is 25.6. The van der Waals surface area contributed by atoms with Crippen molar-refractivity contribution >= 4 is 34.1 Å². The van der Waals surface area contributed by atoms with Crippen LogP contribution in [0.25, 0.3) is 0 Å². The van der Waals surface area contributed by atoms with E-state index in [1.165, 1.54) is 0 Å². The molecule has 6 N–H and O–H groups in total. The molecule has 0 spiro atoms. The standard InChI is InChI=1S/C27H20F6N4/c28-26(29,30)25(27(31,32)33,17-11-13-23(21(34)15-17)36-19-7-3-1-4-8-19)18-12-14-24(22(35)16-18)37-20-9-5-2-6-10-20/h1-5,7-9,11-16,36-37H,34-35H2.